The first-order valence-corrected chi connectivity index (χ1v) is 7.58. The van der Waals surface area contributed by atoms with Crippen LogP contribution in [0.4, 0.5) is 5.69 Å². The van der Waals surface area contributed by atoms with Crippen LogP contribution in [0, 0.1) is 6.92 Å². The number of aromatic nitrogens is 2. The number of benzene rings is 1. The van der Waals surface area contributed by atoms with Crippen LogP contribution < -0.4 is 5.32 Å². The number of hydrogen-bond donors (Lipinski definition) is 1. The second-order valence-electron chi connectivity index (χ2n) is 5.34. The van der Waals surface area contributed by atoms with Gasteiger partial charge in [-0.25, -0.2) is 4.79 Å². The Balaban J connectivity index is 1.97. The third-order valence-electron chi connectivity index (χ3n) is 3.33. The van der Waals surface area contributed by atoms with Crippen LogP contribution in [0.3, 0.4) is 0 Å². The summed E-state index contributed by atoms with van der Waals surface area (Å²) in [4.78, 5) is 23.8. The molecule has 0 fully saturated rings. The fraction of sp³-hybridized carbons (Fsp3) is 0.353. The van der Waals surface area contributed by atoms with Gasteiger partial charge < -0.3 is 10.1 Å². The van der Waals surface area contributed by atoms with Gasteiger partial charge in [-0.3, -0.25) is 9.48 Å². The zero-order chi connectivity index (χ0) is 16.8. The number of hydrogen-bond acceptors (Lipinski definition) is 4. The van der Waals surface area contributed by atoms with Gasteiger partial charge >= 0.3 is 5.97 Å². The Kier molecular flexibility index (Phi) is 5.51. The highest BCUT2D eigenvalue weighted by Crippen LogP contribution is 2.15. The van der Waals surface area contributed by atoms with Gasteiger partial charge in [0, 0.05) is 18.3 Å². The molecule has 0 spiro atoms. The summed E-state index contributed by atoms with van der Waals surface area (Å²) in [7, 11) is 0. The second-order valence-corrected chi connectivity index (χ2v) is 5.34. The van der Waals surface area contributed by atoms with Gasteiger partial charge in [0.2, 0.25) is 5.91 Å². The van der Waals surface area contributed by atoms with Gasteiger partial charge in [0.1, 0.15) is 0 Å². The van der Waals surface area contributed by atoms with Crippen molar-refractivity contribution in [2.45, 2.75) is 33.2 Å². The molecule has 1 aromatic carbocycles. The number of rotatable bonds is 6. The molecule has 23 heavy (non-hydrogen) atoms. The summed E-state index contributed by atoms with van der Waals surface area (Å²) in [5, 5.41) is 7.10. The van der Waals surface area contributed by atoms with Gasteiger partial charge in [-0.05, 0) is 45.0 Å². The summed E-state index contributed by atoms with van der Waals surface area (Å²) < 4.78 is 6.72. The van der Waals surface area contributed by atoms with Gasteiger partial charge in [0.05, 0.1) is 23.9 Å². The number of anilines is 1. The molecule has 1 aromatic heterocycles. The molecule has 0 unspecified atom stereocenters. The van der Waals surface area contributed by atoms with Crippen LogP contribution in [-0.2, 0) is 9.53 Å². The molecular weight excluding hydrogens is 294 g/mol. The zero-order valence-electron chi connectivity index (χ0n) is 13.6. The van der Waals surface area contributed by atoms with Gasteiger partial charge in [-0.1, -0.05) is 6.07 Å². The highest BCUT2D eigenvalue weighted by molar-refractivity contribution is 5.94. The molecule has 122 valence electrons. The van der Waals surface area contributed by atoms with Crippen LogP contribution in [-0.4, -0.2) is 28.3 Å². The molecule has 2 aromatic rings. The minimum atomic E-state index is -0.399. The smallest absolute Gasteiger partial charge is 0.338 e. The highest BCUT2D eigenvalue weighted by Gasteiger charge is 2.13. The largest absolute Gasteiger partial charge is 0.462 e. The molecule has 0 aliphatic heterocycles. The van der Waals surface area contributed by atoms with Crippen molar-refractivity contribution in [2.24, 2.45) is 0 Å². The van der Waals surface area contributed by atoms with E-state index in [0.717, 1.165) is 5.69 Å². The minimum Gasteiger partial charge on any atom is -0.462 e. The summed E-state index contributed by atoms with van der Waals surface area (Å²) in [5.74, 6) is -0.532. The fourth-order valence-corrected chi connectivity index (χ4v) is 2.19. The van der Waals surface area contributed by atoms with E-state index in [1.165, 1.54) is 0 Å². The molecule has 0 aliphatic rings. The summed E-state index contributed by atoms with van der Waals surface area (Å²) >= 11 is 0. The lowest BCUT2D eigenvalue weighted by Gasteiger charge is -2.12. The van der Waals surface area contributed by atoms with E-state index in [4.69, 9.17) is 4.74 Å². The van der Waals surface area contributed by atoms with Gasteiger partial charge in [0.25, 0.3) is 0 Å². The van der Waals surface area contributed by atoms with Crippen molar-refractivity contribution in [1.29, 1.82) is 0 Å². The van der Waals surface area contributed by atoms with Crippen molar-refractivity contribution in [3.05, 3.63) is 47.8 Å². The molecule has 0 saturated heterocycles. The monoisotopic (exact) mass is 315 g/mol. The highest BCUT2D eigenvalue weighted by atomic mass is 16.5. The molecule has 0 saturated carbocycles. The minimum absolute atomic E-state index is 0.0445. The van der Waals surface area contributed by atoms with E-state index in [2.05, 4.69) is 10.4 Å². The van der Waals surface area contributed by atoms with Gasteiger partial charge in [0.15, 0.2) is 0 Å². The molecule has 1 N–H and O–H groups in total. The maximum absolute atomic E-state index is 12.1. The van der Waals surface area contributed by atoms with Crippen LogP contribution in [0.15, 0.2) is 36.5 Å². The Hall–Kier alpha value is -2.63. The number of amides is 1. The first kappa shape index (κ1) is 16.7. The van der Waals surface area contributed by atoms with Gasteiger partial charge in [-0.2, -0.15) is 5.10 Å². The number of nitrogens with zero attached hydrogens (tertiary/aromatic N) is 2. The lowest BCUT2D eigenvalue weighted by molar-refractivity contribution is -0.116. The lowest BCUT2D eigenvalue weighted by atomic mass is 10.2. The molecule has 6 heteroatoms. The summed E-state index contributed by atoms with van der Waals surface area (Å²) in [6, 6.07) is 8.57. The third-order valence-corrected chi connectivity index (χ3v) is 3.33. The van der Waals surface area contributed by atoms with E-state index in [0.29, 0.717) is 24.3 Å². The number of esters is 1. The van der Waals surface area contributed by atoms with Crippen molar-refractivity contribution in [1.82, 2.24) is 9.78 Å². The van der Waals surface area contributed by atoms with Crippen LogP contribution in [0.2, 0.25) is 0 Å². The Labute approximate surface area is 135 Å². The Morgan fingerprint density at radius 1 is 1.35 bits per heavy atom. The number of nitrogens with one attached hydrogen (secondary N) is 1. The van der Waals surface area contributed by atoms with Crippen LogP contribution >= 0.6 is 0 Å². The van der Waals surface area contributed by atoms with Crippen LogP contribution in [0.25, 0.3) is 0 Å². The van der Waals surface area contributed by atoms with Gasteiger partial charge in [-0.15, -0.1) is 0 Å². The quantitative estimate of drug-likeness (QED) is 0.832. The average Bonchev–Trinajstić information content (AvgIpc) is 2.94. The van der Waals surface area contributed by atoms with Crippen molar-refractivity contribution < 1.29 is 14.3 Å². The predicted octanol–water partition coefficient (Wildman–Crippen LogP) is 2.96. The topological polar surface area (TPSA) is 73.2 Å². The normalized spacial score (nSPS) is 11.8. The van der Waals surface area contributed by atoms with E-state index in [1.54, 1.807) is 35.9 Å². The average molecular weight is 315 g/mol. The fourth-order valence-electron chi connectivity index (χ4n) is 2.19. The third kappa shape index (κ3) is 4.67. The molecule has 1 amide bonds. The molecule has 0 aliphatic carbocycles. The van der Waals surface area contributed by atoms with E-state index in [9.17, 15) is 9.59 Å². The molecule has 0 radical (unpaired) electrons. The molecule has 0 bridgehead atoms. The maximum atomic E-state index is 12.1. The zero-order valence-corrected chi connectivity index (χ0v) is 13.6. The number of aryl methyl sites for hydroxylation is 1. The molecule has 1 atom stereocenters. The first-order chi connectivity index (χ1) is 11.0. The SMILES string of the molecule is CCOC(=O)c1cccc(NC(=O)C[C@@H](C)n2ccc(C)n2)c1. The molecular formula is C17H21N3O3. The summed E-state index contributed by atoms with van der Waals surface area (Å²) in [6.07, 6.45) is 2.15. The van der Waals surface area contributed by atoms with Crippen molar-refractivity contribution in [3.63, 3.8) is 0 Å². The van der Waals surface area contributed by atoms with Crippen molar-refractivity contribution in [3.8, 4) is 0 Å². The van der Waals surface area contributed by atoms with E-state index < -0.39 is 5.97 Å². The summed E-state index contributed by atoms with van der Waals surface area (Å²) in [6.45, 7) is 5.91. The Bertz CT molecular complexity index is 694. The van der Waals surface area contributed by atoms with E-state index in [1.807, 2.05) is 26.1 Å². The van der Waals surface area contributed by atoms with Crippen LogP contribution in [0.5, 0.6) is 0 Å². The summed E-state index contributed by atoms with van der Waals surface area (Å²) in [5.41, 5.74) is 1.91. The molecule has 2 rings (SSSR count). The molecule has 1 heterocycles. The number of carbonyl (C=O) groups is 2. The van der Waals surface area contributed by atoms with E-state index >= 15 is 0 Å². The van der Waals surface area contributed by atoms with Crippen molar-refractivity contribution in [2.75, 3.05) is 11.9 Å². The maximum Gasteiger partial charge on any atom is 0.338 e. The lowest BCUT2D eigenvalue weighted by Crippen LogP contribution is -2.18. The Morgan fingerprint density at radius 3 is 2.78 bits per heavy atom. The molecule has 6 nitrogen and oxygen atoms in total. The predicted molar refractivity (Wildman–Crippen MR) is 87.3 cm³/mol. The van der Waals surface area contributed by atoms with E-state index in [-0.39, 0.29) is 11.9 Å². The number of carbonyl (C=O) groups excluding carboxylic acids is 2. The number of ether oxygens (including phenoxy) is 1. The van der Waals surface area contributed by atoms with Crippen LogP contribution in [0.1, 0.15) is 42.4 Å². The first-order valence-electron chi connectivity index (χ1n) is 7.58. The second kappa shape index (κ2) is 7.58. The Morgan fingerprint density at radius 2 is 2.13 bits per heavy atom. The van der Waals surface area contributed by atoms with Crippen molar-refractivity contribution >= 4 is 17.6 Å². The standard InChI is InChI=1S/C17H21N3O3/c1-4-23-17(22)14-6-5-7-15(11-14)18-16(21)10-13(3)20-9-8-12(2)19-20/h5-9,11,13H,4,10H2,1-3H3,(H,18,21)/t13-/m1/s1.